The normalized spacial score (nSPS) is 15.6. The molecule has 1 amide bonds. The van der Waals surface area contributed by atoms with E-state index in [2.05, 4.69) is 10.2 Å². The SMILES string of the molecule is CCCc1n[nH]c(=S)n1CC(=O)N1CCN(S(=O)(=O)c2ccc(F)c(F)c2)CC1. The van der Waals surface area contributed by atoms with Crippen LogP contribution in [0, 0.1) is 16.4 Å². The molecule has 1 aliphatic rings. The van der Waals surface area contributed by atoms with Gasteiger partial charge in [0.25, 0.3) is 0 Å². The molecule has 1 aromatic carbocycles. The topological polar surface area (TPSA) is 91.3 Å². The minimum atomic E-state index is -3.97. The lowest BCUT2D eigenvalue weighted by atomic mass is 10.3. The number of aromatic amines is 1. The van der Waals surface area contributed by atoms with E-state index in [1.807, 2.05) is 6.92 Å². The Morgan fingerprint density at radius 2 is 1.90 bits per heavy atom. The van der Waals surface area contributed by atoms with E-state index in [1.165, 1.54) is 0 Å². The van der Waals surface area contributed by atoms with Crippen molar-refractivity contribution in [2.45, 2.75) is 31.2 Å². The van der Waals surface area contributed by atoms with Gasteiger partial charge in [0.1, 0.15) is 12.4 Å². The Kier molecular flexibility index (Phi) is 6.44. The van der Waals surface area contributed by atoms with Crippen molar-refractivity contribution >= 4 is 28.1 Å². The molecule has 158 valence electrons. The number of hydrogen-bond acceptors (Lipinski definition) is 5. The second-order valence-corrected chi connectivity index (χ2v) is 8.97. The summed E-state index contributed by atoms with van der Waals surface area (Å²) in [7, 11) is -3.97. The third-order valence-electron chi connectivity index (χ3n) is 4.72. The predicted octanol–water partition coefficient (Wildman–Crippen LogP) is 1.70. The van der Waals surface area contributed by atoms with E-state index in [4.69, 9.17) is 12.2 Å². The molecule has 0 bridgehead atoms. The number of sulfonamides is 1. The molecule has 1 N–H and O–H groups in total. The van der Waals surface area contributed by atoms with Crippen molar-refractivity contribution in [3.05, 3.63) is 40.4 Å². The Labute approximate surface area is 172 Å². The average molecular weight is 446 g/mol. The maximum atomic E-state index is 13.4. The van der Waals surface area contributed by atoms with Crippen molar-refractivity contribution < 1.29 is 22.0 Å². The summed E-state index contributed by atoms with van der Waals surface area (Å²) in [5, 5.41) is 6.81. The van der Waals surface area contributed by atoms with E-state index in [9.17, 15) is 22.0 Å². The number of hydrogen-bond donors (Lipinski definition) is 1. The van der Waals surface area contributed by atoms with Gasteiger partial charge in [0, 0.05) is 32.6 Å². The maximum Gasteiger partial charge on any atom is 0.243 e. The van der Waals surface area contributed by atoms with Gasteiger partial charge in [0.2, 0.25) is 15.9 Å². The summed E-state index contributed by atoms with van der Waals surface area (Å²) in [6.45, 7) is 2.53. The van der Waals surface area contributed by atoms with Crippen LogP contribution in [0.3, 0.4) is 0 Å². The van der Waals surface area contributed by atoms with Crippen LogP contribution in [0.5, 0.6) is 0 Å². The van der Waals surface area contributed by atoms with Gasteiger partial charge in [-0.3, -0.25) is 14.5 Å². The minimum Gasteiger partial charge on any atom is -0.338 e. The summed E-state index contributed by atoms with van der Waals surface area (Å²) in [5.41, 5.74) is 0. The molecular weight excluding hydrogens is 424 g/mol. The largest absolute Gasteiger partial charge is 0.338 e. The van der Waals surface area contributed by atoms with Crippen LogP contribution in [-0.2, 0) is 27.8 Å². The number of aryl methyl sites for hydroxylation is 1. The fraction of sp³-hybridized carbons (Fsp3) is 0.471. The van der Waals surface area contributed by atoms with E-state index in [0.29, 0.717) is 23.1 Å². The lowest BCUT2D eigenvalue weighted by Gasteiger charge is -2.34. The van der Waals surface area contributed by atoms with Gasteiger partial charge in [-0.25, -0.2) is 17.2 Å². The molecule has 2 aromatic rings. The lowest BCUT2D eigenvalue weighted by molar-refractivity contribution is -0.133. The van der Waals surface area contributed by atoms with Gasteiger partial charge in [-0.15, -0.1) is 0 Å². The number of amides is 1. The van der Waals surface area contributed by atoms with Crippen LogP contribution >= 0.6 is 12.2 Å². The maximum absolute atomic E-state index is 13.4. The summed E-state index contributed by atoms with van der Waals surface area (Å²) in [4.78, 5) is 13.9. The van der Waals surface area contributed by atoms with E-state index >= 15 is 0 Å². The first kappa shape index (κ1) is 21.5. The van der Waals surface area contributed by atoms with Gasteiger partial charge in [-0.2, -0.15) is 9.40 Å². The quantitative estimate of drug-likeness (QED) is 0.684. The molecular formula is C17H21F2N5O3S2. The summed E-state index contributed by atoms with van der Waals surface area (Å²) in [6, 6.07) is 2.48. The van der Waals surface area contributed by atoms with Gasteiger partial charge in [0.15, 0.2) is 16.4 Å². The van der Waals surface area contributed by atoms with E-state index < -0.39 is 21.7 Å². The number of piperazine rings is 1. The summed E-state index contributed by atoms with van der Waals surface area (Å²) in [5.74, 6) is -1.82. The summed E-state index contributed by atoms with van der Waals surface area (Å²) >= 11 is 5.18. The molecule has 1 aliphatic heterocycles. The van der Waals surface area contributed by atoms with Gasteiger partial charge in [-0.1, -0.05) is 6.92 Å². The van der Waals surface area contributed by atoms with Crippen LogP contribution in [-0.4, -0.2) is 64.5 Å². The molecule has 0 saturated carbocycles. The average Bonchev–Trinajstić information content (AvgIpc) is 3.04. The first-order valence-corrected chi connectivity index (χ1v) is 11.0. The van der Waals surface area contributed by atoms with Crippen molar-refractivity contribution in [2.75, 3.05) is 26.2 Å². The molecule has 0 radical (unpaired) electrons. The number of benzene rings is 1. The predicted molar refractivity (Wildman–Crippen MR) is 103 cm³/mol. The minimum absolute atomic E-state index is 0.0284. The zero-order valence-electron chi connectivity index (χ0n) is 15.8. The highest BCUT2D eigenvalue weighted by Gasteiger charge is 2.31. The third-order valence-corrected chi connectivity index (χ3v) is 6.93. The molecule has 1 saturated heterocycles. The fourth-order valence-corrected chi connectivity index (χ4v) is 4.78. The Hall–Kier alpha value is -2.18. The molecule has 0 unspecified atom stereocenters. The van der Waals surface area contributed by atoms with Crippen molar-refractivity contribution in [3.63, 3.8) is 0 Å². The number of halogens is 2. The first-order chi connectivity index (χ1) is 13.7. The number of carbonyl (C=O) groups is 1. The highest BCUT2D eigenvalue weighted by Crippen LogP contribution is 2.20. The molecule has 0 atom stereocenters. The Balaban J connectivity index is 1.65. The zero-order chi connectivity index (χ0) is 21.2. The molecule has 8 nitrogen and oxygen atoms in total. The number of rotatable bonds is 6. The Morgan fingerprint density at radius 1 is 1.21 bits per heavy atom. The number of aromatic nitrogens is 3. The fourth-order valence-electron chi connectivity index (χ4n) is 3.13. The Morgan fingerprint density at radius 3 is 2.52 bits per heavy atom. The van der Waals surface area contributed by atoms with Crippen LogP contribution in [0.15, 0.2) is 23.1 Å². The van der Waals surface area contributed by atoms with E-state index in [1.54, 1.807) is 9.47 Å². The number of nitrogens with one attached hydrogen (secondary N) is 1. The molecule has 29 heavy (non-hydrogen) atoms. The highest BCUT2D eigenvalue weighted by molar-refractivity contribution is 7.89. The molecule has 12 heteroatoms. The van der Waals surface area contributed by atoms with Gasteiger partial charge in [0.05, 0.1) is 4.90 Å². The van der Waals surface area contributed by atoms with Crippen LogP contribution < -0.4 is 0 Å². The summed E-state index contributed by atoms with van der Waals surface area (Å²) < 4.78 is 55.0. The second-order valence-electron chi connectivity index (χ2n) is 6.64. The van der Waals surface area contributed by atoms with Crippen molar-refractivity contribution in [1.29, 1.82) is 0 Å². The highest BCUT2D eigenvalue weighted by atomic mass is 32.2. The molecule has 0 aliphatic carbocycles. The smallest absolute Gasteiger partial charge is 0.243 e. The summed E-state index contributed by atoms with van der Waals surface area (Å²) in [6.07, 6.45) is 1.54. The monoisotopic (exact) mass is 445 g/mol. The second kappa shape index (κ2) is 8.67. The third kappa shape index (κ3) is 4.54. The van der Waals surface area contributed by atoms with Crippen molar-refractivity contribution in [2.24, 2.45) is 0 Å². The van der Waals surface area contributed by atoms with Gasteiger partial charge >= 0.3 is 0 Å². The van der Waals surface area contributed by atoms with Crippen LogP contribution in [0.4, 0.5) is 8.78 Å². The van der Waals surface area contributed by atoms with Crippen LogP contribution in [0.25, 0.3) is 0 Å². The number of nitrogens with zero attached hydrogens (tertiary/aromatic N) is 4. The molecule has 1 fully saturated rings. The molecule has 3 rings (SSSR count). The molecule has 0 spiro atoms. The number of H-pyrrole nitrogens is 1. The van der Waals surface area contributed by atoms with E-state index in [-0.39, 0.29) is 43.5 Å². The van der Waals surface area contributed by atoms with Gasteiger partial charge < -0.3 is 4.90 Å². The number of carbonyl (C=O) groups excluding carboxylic acids is 1. The van der Waals surface area contributed by atoms with Crippen molar-refractivity contribution in [1.82, 2.24) is 24.0 Å². The standard InChI is InChI=1S/C17H21F2N5O3S2/c1-2-3-15-20-21-17(28)24(15)11-16(25)22-6-8-23(9-7-22)29(26,27)12-4-5-13(18)14(19)10-12/h4-5,10H,2-3,6-9,11H2,1H3,(H,21,28). The lowest BCUT2D eigenvalue weighted by Crippen LogP contribution is -2.51. The van der Waals surface area contributed by atoms with Gasteiger partial charge in [-0.05, 0) is 36.8 Å². The molecule has 1 aromatic heterocycles. The van der Waals surface area contributed by atoms with E-state index in [0.717, 1.165) is 22.9 Å². The van der Waals surface area contributed by atoms with Crippen molar-refractivity contribution in [3.8, 4) is 0 Å². The van der Waals surface area contributed by atoms with Crippen LogP contribution in [0.1, 0.15) is 19.2 Å². The Bertz CT molecular complexity index is 1060. The first-order valence-electron chi connectivity index (χ1n) is 9.11. The van der Waals surface area contributed by atoms with Crippen LogP contribution in [0.2, 0.25) is 0 Å². The zero-order valence-corrected chi connectivity index (χ0v) is 17.4. The molecule has 2 heterocycles.